The molecule has 0 spiro atoms. The van der Waals surface area contributed by atoms with Crippen LogP contribution in [0.25, 0.3) is 0 Å². The van der Waals surface area contributed by atoms with Crippen molar-refractivity contribution >= 4 is 5.91 Å². The molecule has 2 rings (SSSR count). The second-order valence-corrected chi connectivity index (χ2v) is 4.66. The maximum atomic E-state index is 12.0. The summed E-state index contributed by atoms with van der Waals surface area (Å²) < 4.78 is 0. The van der Waals surface area contributed by atoms with Crippen molar-refractivity contribution in [3.05, 3.63) is 35.4 Å². The maximum absolute atomic E-state index is 12.0. The van der Waals surface area contributed by atoms with Crippen molar-refractivity contribution in [1.82, 2.24) is 4.90 Å². The van der Waals surface area contributed by atoms with Gasteiger partial charge in [0.25, 0.3) is 0 Å². The summed E-state index contributed by atoms with van der Waals surface area (Å²) in [6, 6.07) is 8.84. The van der Waals surface area contributed by atoms with Gasteiger partial charge < -0.3 is 10.6 Å². The molecule has 1 aromatic rings. The minimum absolute atomic E-state index is 0.0230. The minimum atomic E-state index is -0.503. The first kappa shape index (κ1) is 12.6. The predicted molar refractivity (Wildman–Crippen MR) is 68.7 cm³/mol. The lowest BCUT2D eigenvalue weighted by molar-refractivity contribution is -0.131. The van der Waals surface area contributed by atoms with Crippen molar-refractivity contribution in [1.29, 1.82) is 5.26 Å². The number of rotatable bonds is 3. The number of nitrogens with two attached hydrogens (primary N) is 1. The van der Waals surface area contributed by atoms with E-state index in [-0.39, 0.29) is 5.91 Å². The topological polar surface area (TPSA) is 70.1 Å². The molecule has 1 atom stereocenters. The van der Waals surface area contributed by atoms with Gasteiger partial charge in [-0.3, -0.25) is 4.79 Å². The van der Waals surface area contributed by atoms with Crippen LogP contribution in [0.5, 0.6) is 0 Å². The van der Waals surface area contributed by atoms with Crippen molar-refractivity contribution in [2.75, 3.05) is 13.1 Å². The number of amides is 1. The van der Waals surface area contributed by atoms with Gasteiger partial charge in [0, 0.05) is 13.1 Å². The van der Waals surface area contributed by atoms with Gasteiger partial charge in [-0.1, -0.05) is 12.1 Å². The first-order valence-corrected chi connectivity index (χ1v) is 6.24. The summed E-state index contributed by atoms with van der Waals surface area (Å²) in [5, 5.41) is 8.82. The molecule has 2 N–H and O–H groups in total. The highest BCUT2D eigenvalue weighted by Gasteiger charge is 2.23. The highest BCUT2D eigenvalue weighted by molar-refractivity contribution is 5.82. The van der Waals surface area contributed by atoms with E-state index in [0.717, 1.165) is 31.5 Å². The van der Waals surface area contributed by atoms with Gasteiger partial charge in [0.05, 0.1) is 17.7 Å². The summed E-state index contributed by atoms with van der Waals surface area (Å²) in [4.78, 5) is 13.9. The fourth-order valence-corrected chi connectivity index (χ4v) is 2.28. The van der Waals surface area contributed by atoms with E-state index in [0.29, 0.717) is 12.0 Å². The molecule has 4 heteroatoms. The van der Waals surface area contributed by atoms with Gasteiger partial charge in [-0.15, -0.1) is 0 Å². The molecule has 1 aliphatic heterocycles. The smallest absolute Gasteiger partial charge is 0.239 e. The van der Waals surface area contributed by atoms with E-state index >= 15 is 0 Å². The third-order valence-electron chi connectivity index (χ3n) is 3.25. The zero-order valence-electron chi connectivity index (χ0n) is 10.3. The van der Waals surface area contributed by atoms with E-state index in [4.69, 9.17) is 11.0 Å². The highest BCUT2D eigenvalue weighted by atomic mass is 16.2. The Hall–Kier alpha value is -1.86. The molecule has 1 unspecified atom stereocenters. The maximum Gasteiger partial charge on any atom is 0.239 e. The molecule has 0 aliphatic carbocycles. The van der Waals surface area contributed by atoms with Crippen molar-refractivity contribution in [2.45, 2.75) is 25.3 Å². The second kappa shape index (κ2) is 5.65. The average Bonchev–Trinajstić information content (AvgIpc) is 2.92. The lowest BCUT2D eigenvalue weighted by atomic mass is 10.0. The molecule has 1 aliphatic rings. The Morgan fingerprint density at radius 1 is 1.44 bits per heavy atom. The normalized spacial score (nSPS) is 16.3. The molecule has 0 radical (unpaired) electrons. The van der Waals surface area contributed by atoms with Gasteiger partial charge in [-0.2, -0.15) is 5.26 Å². The van der Waals surface area contributed by atoms with E-state index in [1.54, 1.807) is 12.1 Å². The van der Waals surface area contributed by atoms with Gasteiger partial charge in [0.2, 0.25) is 5.91 Å². The summed E-state index contributed by atoms with van der Waals surface area (Å²) in [5.41, 5.74) is 7.49. The Balaban J connectivity index is 1.99. The summed E-state index contributed by atoms with van der Waals surface area (Å²) in [6.45, 7) is 1.65. The molecule has 0 bridgehead atoms. The van der Waals surface area contributed by atoms with Crippen LogP contribution in [0.2, 0.25) is 0 Å². The number of carbonyl (C=O) groups excluding carboxylic acids is 1. The number of nitriles is 1. The van der Waals surface area contributed by atoms with E-state index in [2.05, 4.69) is 6.07 Å². The summed E-state index contributed by atoms with van der Waals surface area (Å²) in [5.74, 6) is 0.0230. The lowest BCUT2D eigenvalue weighted by Crippen LogP contribution is -2.43. The van der Waals surface area contributed by atoms with Gasteiger partial charge in [0.1, 0.15) is 0 Å². The van der Waals surface area contributed by atoms with E-state index in [1.165, 1.54) is 0 Å². The molecule has 1 aromatic carbocycles. The molecular weight excluding hydrogens is 226 g/mol. The van der Waals surface area contributed by atoms with Crippen LogP contribution in [-0.2, 0) is 11.2 Å². The zero-order valence-corrected chi connectivity index (χ0v) is 10.3. The molecule has 1 fully saturated rings. The van der Waals surface area contributed by atoms with E-state index in [9.17, 15) is 4.79 Å². The highest BCUT2D eigenvalue weighted by Crippen LogP contribution is 2.11. The summed E-state index contributed by atoms with van der Waals surface area (Å²) in [7, 11) is 0. The van der Waals surface area contributed by atoms with Crippen LogP contribution < -0.4 is 5.73 Å². The molecule has 18 heavy (non-hydrogen) atoms. The molecule has 0 saturated carbocycles. The monoisotopic (exact) mass is 243 g/mol. The number of benzene rings is 1. The predicted octanol–water partition coefficient (Wildman–Crippen LogP) is 1.05. The van der Waals surface area contributed by atoms with Crippen molar-refractivity contribution in [3.63, 3.8) is 0 Å². The van der Waals surface area contributed by atoms with Gasteiger partial charge >= 0.3 is 0 Å². The fraction of sp³-hybridized carbons (Fsp3) is 0.429. The van der Waals surface area contributed by atoms with Crippen LogP contribution in [0.15, 0.2) is 24.3 Å². The van der Waals surface area contributed by atoms with Crippen LogP contribution >= 0.6 is 0 Å². The standard InChI is InChI=1S/C14H17N3O/c15-10-12-5-3-4-11(8-12)9-13(16)14(18)17-6-1-2-7-17/h3-5,8,13H,1-2,6-7,9,16H2. The number of carbonyl (C=O) groups is 1. The van der Waals surface area contributed by atoms with Crippen molar-refractivity contribution in [2.24, 2.45) is 5.73 Å². The Kier molecular flexibility index (Phi) is 3.96. The molecular formula is C14H17N3O. The molecule has 94 valence electrons. The van der Waals surface area contributed by atoms with Crippen molar-refractivity contribution in [3.8, 4) is 6.07 Å². The average molecular weight is 243 g/mol. The lowest BCUT2D eigenvalue weighted by Gasteiger charge is -2.20. The van der Waals surface area contributed by atoms with Gasteiger partial charge in [-0.25, -0.2) is 0 Å². The minimum Gasteiger partial charge on any atom is -0.341 e. The molecule has 1 amide bonds. The number of hydrogen-bond acceptors (Lipinski definition) is 3. The first-order chi connectivity index (χ1) is 8.70. The Labute approximate surface area is 107 Å². The van der Waals surface area contributed by atoms with Crippen LogP contribution in [0.3, 0.4) is 0 Å². The molecule has 1 saturated heterocycles. The number of nitrogens with zero attached hydrogens (tertiary/aromatic N) is 2. The number of hydrogen-bond donors (Lipinski definition) is 1. The summed E-state index contributed by atoms with van der Waals surface area (Å²) in [6.07, 6.45) is 2.63. The van der Waals surface area contributed by atoms with Crippen LogP contribution in [0.4, 0.5) is 0 Å². The molecule has 4 nitrogen and oxygen atoms in total. The molecule has 0 aromatic heterocycles. The van der Waals surface area contributed by atoms with E-state index < -0.39 is 6.04 Å². The van der Waals surface area contributed by atoms with Gasteiger partial charge in [-0.05, 0) is 37.0 Å². The number of likely N-dealkylation sites (tertiary alicyclic amines) is 1. The Bertz CT molecular complexity index is 472. The first-order valence-electron chi connectivity index (χ1n) is 6.24. The summed E-state index contributed by atoms with van der Waals surface area (Å²) >= 11 is 0. The SMILES string of the molecule is N#Cc1cccc(CC(N)C(=O)N2CCCC2)c1. The third kappa shape index (κ3) is 2.88. The van der Waals surface area contributed by atoms with Crippen LogP contribution in [0, 0.1) is 11.3 Å². The van der Waals surface area contributed by atoms with Crippen LogP contribution in [0.1, 0.15) is 24.0 Å². The zero-order chi connectivity index (χ0) is 13.0. The van der Waals surface area contributed by atoms with Crippen LogP contribution in [-0.4, -0.2) is 29.9 Å². The Morgan fingerprint density at radius 2 is 2.17 bits per heavy atom. The second-order valence-electron chi connectivity index (χ2n) is 4.66. The van der Waals surface area contributed by atoms with Crippen molar-refractivity contribution < 1.29 is 4.79 Å². The largest absolute Gasteiger partial charge is 0.341 e. The quantitative estimate of drug-likeness (QED) is 0.862. The fourth-order valence-electron chi connectivity index (χ4n) is 2.28. The Morgan fingerprint density at radius 3 is 2.83 bits per heavy atom. The molecule has 1 heterocycles. The third-order valence-corrected chi connectivity index (χ3v) is 3.25. The van der Waals surface area contributed by atoms with E-state index in [1.807, 2.05) is 17.0 Å². The van der Waals surface area contributed by atoms with Gasteiger partial charge in [0.15, 0.2) is 0 Å².